The van der Waals surface area contributed by atoms with E-state index in [1.54, 1.807) is 12.1 Å². The Morgan fingerprint density at radius 1 is 1.34 bits per heavy atom. The molecule has 6 nitrogen and oxygen atoms in total. The lowest BCUT2D eigenvalue weighted by molar-refractivity contribution is -0.122. The van der Waals surface area contributed by atoms with Crippen LogP contribution in [-0.2, 0) is 9.59 Å². The summed E-state index contributed by atoms with van der Waals surface area (Å²) in [6, 6.07) is 10.3. The summed E-state index contributed by atoms with van der Waals surface area (Å²) in [5.41, 5.74) is 9.06. The Morgan fingerprint density at radius 3 is 2.93 bits per heavy atom. The van der Waals surface area contributed by atoms with Crippen molar-refractivity contribution >= 4 is 35.1 Å². The molecule has 2 aliphatic rings. The quantitative estimate of drug-likeness (QED) is 0.780. The highest BCUT2D eigenvalue weighted by molar-refractivity contribution is 6.12. The molecule has 0 aromatic heterocycles. The first-order chi connectivity index (χ1) is 13.9. The van der Waals surface area contributed by atoms with Crippen LogP contribution in [0.1, 0.15) is 29.9 Å². The Labute approximate surface area is 168 Å². The van der Waals surface area contributed by atoms with Gasteiger partial charge in [-0.15, -0.1) is 0 Å². The van der Waals surface area contributed by atoms with Gasteiger partial charge in [0.25, 0.3) is 0 Å². The molecule has 2 amide bonds. The molecule has 2 aromatic rings. The number of aliphatic imine (C=N–C) groups is 1. The highest BCUT2D eigenvalue weighted by Crippen LogP contribution is 2.34. The smallest absolute Gasteiger partial charge is 0.237 e. The van der Waals surface area contributed by atoms with Gasteiger partial charge in [0.05, 0.1) is 11.6 Å². The number of piperidine rings is 1. The van der Waals surface area contributed by atoms with Gasteiger partial charge in [0.15, 0.2) is 0 Å². The largest absolute Gasteiger partial charge is 0.371 e. The lowest BCUT2D eigenvalue weighted by Crippen LogP contribution is -2.41. The third kappa shape index (κ3) is 3.72. The van der Waals surface area contributed by atoms with E-state index in [9.17, 15) is 14.0 Å². The fourth-order valence-electron chi connectivity index (χ4n) is 4.11. The van der Waals surface area contributed by atoms with Crippen molar-refractivity contribution in [3.63, 3.8) is 0 Å². The van der Waals surface area contributed by atoms with Crippen molar-refractivity contribution in [2.75, 3.05) is 23.3 Å². The summed E-state index contributed by atoms with van der Waals surface area (Å²) in [6.07, 6.45) is 3.24. The van der Waals surface area contributed by atoms with E-state index in [-0.39, 0.29) is 17.7 Å². The molecule has 0 bridgehead atoms. The van der Waals surface area contributed by atoms with Crippen molar-refractivity contribution in [1.82, 2.24) is 0 Å². The van der Waals surface area contributed by atoms with Gasteiger partial charge in [-0.2, -0.15) is 0 Å². The van der Waals surface area contributed by atoms with Crippen LogP contribution in [0.3, 0.4) is 0 Å². The molecule has 1 fully saturated rings. The molecule has 1 saturated heterocycles. The molecule has 29 heavy (non-hydrogen) atoms. The third-order valence-corrected chi connectivity index (χ3v) is 5.62. The molecular formula is C22H23FN4O2. The van der Waals surface area contributed by atoms with Crippen LogP contribution in [0.4, 0.5) is 21.5 Å². The summed E-state index contributed by atoms with van der Waals surface area (Å²) in [4.78, 5) is 30.3. The number of fused-ring (bicyclic) bond motifs is 1. The van der Waals surface area contributed by atoms with E-state index in [0.717, 1.165) is 30.6 Å². The lowest BCUT2D eigenvalue weighted by atomic mass is 9.96. The number of nitrogens with one attached hydrogen (secondary N) is 1. The van der Waals surface area contributed by atoms with E-state index < -0.39 is 11.7 Å². The van der Waals surface area contributed by atoms with Crippen LogP contribution in [0.2, 0.25) is 0 Å². The number of carbonyl (C=O) groups excluding carboxylic acids is 2. The van der Waals surface area contributed by atoms with Crippen LogP contribution in [0, 0.1) is 18.7 Å². The first kappa shape index (κ1) is 19.1. The average Bonchev–Trinajstić information content (AvgIpc) is 3.03. The predicted octanol–water partition coefficient (Wildman–Crippen LogP) is 3.27. The van der Waals surface area contributed by atoms with Crippen LogP contribution in [0.25, 0.3) is 0 Å². The number of aryl methyl sites for hydroxylation is 1. The number of nitrogens with zero attached hydrogens (tertiary/aromatic N) is 2. The van der Waals surface area contributed by atoms with Gasteiger partial charge in [-0.1, -0.05) is 6.07 Å². The summed E-state index contributed by atoms with van der Waals surface area (Å²) in [6.45, 7) is 3.49. The van der Waals surface area contributed by atoms with Crippen molar-refractivity contribution in [2.45, 2.75) is 25.7 Å². The Hall–Kier alpha value is -3.22. The number of amides is 2. The van der Waals surface area contributed by atoms with E-state index in [0.29, 0.717) is 23.5 Å². The number of hydrogen-bond donors (Lipinski definition) is 2. The number of nitrogens with two attached hydrogens (primary N) is 1. The Morgan fingerprint density at radius 2 is 2.17 bits per heavy atom. The number of anilines is 2. The average molecular weight is 394 g/mol. The minimum Gasteiger partial charge on any atom is -0.371 e. The van der Waals surface area contributed by atoms with E-state index in [1.165, 1.54) is 12.3 Å². The van der Waals surface area contributed by atoms with Crippen molar-refractivity contribution < 1.29 is 14.0 Å². The van der Waals surface area contributed by atoms with Gasteiger partial charge in [0.2, 0.25) is 11.8 Å². The van der Waals surface area contributed by atoms with E-state index in [1.807, 2.05) is 25.1 Å². The minimum atomic E-state index is -0.746. The predicted molar refractivity (Wildman–Crippen MR) is 111 cm³/mol. The topological polar surface area (TPSA) is 87.8 Å². The number of benzene rings is 2. The second-order valence-electron chi connectivity index (χ2n) is 7.60. The zero-order valence-electron chi connectivity index (χ0n) is 16.2. The SMILES string of the molecule is Cc1cc(N=CC2C(=O)Nc3cccc(F)c32)ccc1N1CCCC(C(N)=O)C1. The number of hydrogen-bond acceptors (Lipinski definition) is 4. The molecule has 2 unspecified atom stereocenters. The van der Waals surface area contributed by atoms with E-state index in [2.05, 4.69) is 15.2 Å². The molecule has 0 saturated carbocycles. The van der Waals surface area contributed by atoms with Crippen molar-refractivity contribution in [3.8, 4) is 0 Å². The maximum Gasteiger partial charge on any atom is 0.237 e. The summed E-state index contributed by atoms with van der Waals surface area (Å²) in [5, 5.41) is 2.69. The van der Waals surface area contributed by atoms with Gasteiger partial charge in [-0.05, 0) is 55.7 Å². The normalized spacial score (nSPS) is 21.3. The van der Waals surface area contributed by atoms with Gasteiger partial charge in [0, 0.05) is 36.2 Å². The third-order valence-electron chi connectivity index (χ3n) is 5.62. The zero-order valence-corrected chi connectivity index (χ0v) is 16.2. The first-order valence-corrected chi connectivity index (χ1v) is 9.72. The monoisotopic (exact) mass is 394 g/mol. The number of halogens is 1. The molecule has 7 heteroatoms. The Balaban J connectivity index is 1.54. The second kappa shape index (κ2) is 7.66. The maximum absolute atomic E-state index is 14.2. The highest BCUT2D eigenvalue weighted by atomic mass is 19.1. The molecular weight excluding hydrogens is 371 g/mol. The summed E-state index contributed by atoms with van der Waals surface area (Å²) >= 11 is 0. The van der Waals surface area contributed by atoms with Gasteiger partial charge < -0.3 is 16.0 Å². The zero-order chi connectivity index (χ0) is 20.5. The Bertz CT molecular complexity index is 1000. The van der Waals surface area contributed by atoms with E-state index >= 15 is 0 Å². The van der Waals surface area contributed by atoms with Gasteiger partial charge in [-0.3, -0.25) is 14.6 Å². The molecule has 3 N–H and O–H groups in total. The highest BCUT2D eigenvalue weighted by Gasteiger charge is 2.32. The standard InChI is InChI=1S/C22H23FN4O2/c1-13-10-15(7-8-19(13)27-9-3-4-14(12-27)21(24)28)25-11-16-20-17(23)5-2-6-18(20)26-22(16)29/h2,5-8,10-11,14,16H,3-4,9,12H2,1H3,(H2,24,28)(H,26,29). The van der Waals surface area contributed by atoms with Crippen LogP contribution >= 0.6 is 0 Å². The fraction of sp³-hybridized carbons (Fsp3) is 0.318. The summed E-state index contributed by atoms with van der Waals surface area (Å²) < 4.78 is 14.2. The fourth-order valence-corrected chi connectivity index (χ4v) is 4.11. The van der Waals surface area contributed by atoms with Gasteiger partial charge in [-0.25, -0.2) is 4.39 Å². The van der Waals surface area contributed by atoms with Crippen LogP contribution in [0.15, 0.2) is 41.4 Å². The number of rotatable bonds is 4. The van der Waals surface area contributed by atoms with Crippen LogP contribution in [-0.4, -0.2) is 31.1 Å². The number of carbonyl (C=O) groups is 2. The molecule has 2 aromatic carbocycles. The second-order valence-corrected chi connectivity index (χ2v) is 7.60. The first-order valence-electron chi connectivity index (χ1n) is 9.72. The van der Waals surface area contributed by atoms with Gasteiger partial charge in [0.1, 0.15) is 11.7 Å². The summed E-state index contributed by atoms with van der Waals surface area (Å²) in [7, 11) is 0. The van der Waals surface area contributed by atoms with Crippen LogP contribution in [0.5, 0.6) is 0 Å². The van der Waals surface area contributed by atoms with Crippen molar-refractivity contribution in [2.24, 2.45) is 16.6 Å². The molecule has 0 spiro atoms. The molecule has 0 aliphatic carbocycles. The number of primary amides is 1. The molecule has 0 radical (unpaired) electrons. The molecule has 2 heterocycles. The maximum atomic E-state index is 14.2. The minimum absolute atomic E-state index is 0.128. The van der Waals surface area contributed by atoms with E-state index in [4.69, 9.17) is 5.73 Å². The molecule has 4 rings (SSSR count). The molecule has 150 valence electrons. The van der Waals surface area contributed by atoms with Crippen molar-refractivity contribution in [1.29, 1.82) is 0 Å². The van der Waals surface area contributed by atoms with Crippen molar-refractivity contribution in [3.05, 3.63) is 53.3 Å². The Kier molecular flexibility index (Phi) is 5.05. The van der Waals surface area contributed by atoms with Gasteiger partial charge >= 0.3 is 0 Å². The molecule has 2 atom stereocenters. The lowest BCUT2D eigenvalue weighted by Gasteiger charge is -2.34. The summed E-state index contributed by atoms with van der Waals surface area (Å²) in [5.74, 6) is -1.83. The van der Waals surface area contributed by atoms with Crippen LogP contribution < -0.4 is 16.0 Å². The molecule has 2 aliphatic heterocycles.